The maximum absolute atomic E-state index is 11.3. The Morgan fingerprint density at radius 2 is 2.31 bits per heavy atom. The van der Waals surface area contributed by atoms with Gasteiger partial charge in [0.15, 0.2) is 9.84 Å². The first-order valence-corrected chi connectivity index (χ1v) is 5.10. The molecule has 1 N–H and O–H groups in total. The molecule has 1 aromatic heterocycles. The first-order chi connectivity index (χ1) is 6.08. The van der Waals surface area contributed by atoms with Crippen molar-refractivity contribution in [2.75, 3.05) is 5.75 Å². The summed E-state index contributed by atoms with van der Waals surface area (Å²) in [6, 6.07) is 1.16. The van der Waals surface area contributed by atoms with Gasteiger partial charge in [-0.3, -0.25) is 4.79 Å². The maximum Gasteiger partial charge on any atom is 0.282 e. The zero-order valence-electron chi connectivity index (χ0n) is 6.73. The number of sulfone groups is 1. The molecule has 13 heavy (non-hydrogen) atoms. The predicted octanol–water partition coefficient (Wildman–Crippen LogP) is -0.270. The van der Waals surface area contributed by atoms with Gasteiger partial charge in [0.25, 0.3) is 5.56 Å². The van der Waals surface area contributed by atoms with E-state index in [4.69, 9.17) is 0 Å². The van der Waals surface area contributed by atoms with Crippen LogP contribution < -0.4 is 5.56 Å². The van der Waals surface area contributed by atoms with Gasteiger partial charge in [-0.25, -0.2) is 13.5 Å². The molecule has 70 valence electrons. The third-order valence-electron chi connectivity index (χ3n) is 1.36. The molecule has 0 aliphatic heterocycles. The molecule has 0 bridgehead atoms. The zero-order valence-corrected chi connectivity index (χ0v) is 7.54. The fourth-order valence-corrected chi connectivity index (χ4v) is 1.91. The molecule has 5 nitrogen and oxygen atoms in total. The number of hydrogen-bond acceptors (Lipinski definition) is 4. The Hall–Kier alpha value is -1.43. The van der Waals surface area contributed by atoms with Crippen molar-refractivity contribution in [2.24, 2.45) is 0 Å². The van der Waals surface area contributed by atoms with Crippen LogP contribution in [-0.4, -0.2) is 24.4 Å². The van der Waals surface area contributed by atoms with E-state index in [2.05, 4.69) is 11.7 Å². The van der Waals surface area contributed by atoms with Crippen LogP contribution in [0.25, 0.3) is 0 Å². The third kappa shape index (κ3) is 2.03. The molecule has 0 unspecified atom stereocenters. The van der Waals surface area contributed by atoms with Crippen LogP contribution in [0.2, 0.25) is 0 Å². The largest absolute Gasteiger partial charge is 0.282 e. The Bertz CT molecular complexity index is 461. The van der Waals surface area contributed by atoms with Crippen LogP contribution >= 0.6 is 0 Å². The van der Waals surface area contributed by atoms with Gasteiger partial charge in [0.1, 0.15) is 4.90 Å². The van der Waals surface area contributed by atoms with Crippen LogP contribution in [0.3, 0.4) is 0 Å². The summed E-state index contributed by atoms with van der Waals surface area (Å²) in [5.74, 6) is -0.250. The van der Waals surface area contributed by atoms with Crippen molar-refractivity contribution in [3.8, 4) is 0 Å². The molecule has 0 radical (unpaired) electrons. The minimum atomic E-state index is -3.54. The first-order valence-electron chi connectivity index (χ1n) is 3.45. The topological polar surface area (TPSA) is 79.9 Å². The Kier molecular flexibility index (Phi) is 2.62. The van der Waals surface area contributed by atoms with Gasteiger partial charge in [0.05, 0.1) is 5.75 Å². The van der Waals surface area contributed by atoms with Gasteiger partial charge in [0.2, 0.25) is 0 Å². The van der Waals surface area contributed by atoms with Crippen molar-refractivity contribution >= 4 is 9.84 Å². The van der Waals surface area contributed by atoms with Crippen molar-refractivity contribution < 1.29 is 8.42 Å². The minimum Gasteiger partial charge on any atom is -0.267 e. The number of nitrogens with one attached hydrogen (secondary N) is 1. The highest BCUT2D eigenvalue weighted by Gasteiger charge is 2.15. The summed E-state index contributed by atoms with van der Waals surface area (Å²) in [5, 5.41) is 5.44. The number of nitrogens with zero attached hydrogens (tertiary/aromatic N) is 1. The molecule has 0 aromatic carbocycles. The van der Waals surface area contributed by atoms with E-state index < -0.39 is 15.4 Å². The van der Waals surface area contributed by atoms with E-state index >= 15 is 0 Å². The van der Waals surface area contributed by atoms with Crippen molar-refractivity contribution in [2.45, 2.75) is 4.90 Å². The summed E-state index contributed by atoms with van der Waals surface area (Å²) in [7, 11) is -3.54. The van der Waals surface area contributed by atoms with E-state index in [1.54, 1.807) is 0 Å². The van der Waals surface area contributed by atoms with Crippen molar-refractivity contribution in [3.05, 3.63) is 35.3 Å². The van der Waals surface area contributed by atoms with Crippen molar-refractivity contribution in [1.82, 2.24) is 10.2 Å². The van der Waals surface area contributed by atoms with Crippen LogP contribution in [0.4, 0.5) is 0 Å². The van der Waals surface area contributed by atoms with E-state index in [0.717, 1.165) is 6.07 Å². The second-order valence-electron chi connectivity index (χ2n) is 2.32. The van der Waals surface area contributed by atoms with Crippen molar-refractivity contribution in [1.29, 1.82) is 0 Å². The standard InChI is InChI=1S/C7H8N2O3S/c1-2-5-13(11,12)6-3-4-8-9-7(6)10/h2-4H,1,5H2,(H,9,10). The maximum atomic E-state index is 11.3. The Morgan fingerprint density at radius 3 is 2.85 bits per heavy atom. The summed E-state index contributed by atoms with van der Waals surface area (Å²) < 4.78 is 22.7. The lowest BCUT2D eigenvalue weighted by atomic mass is 10.6. The Labute approximate surface area is 75.0 Å². The van der Waals surface area contributed by atoms with Gasteiger partial charge in [-0.15, -0.1) is 6.58 Å². The SMILES string of the molecule is C=CCS(=O)(=O)c1ccn[nH]c1=O. The molecule has 0 saturated heterocycles. The molecule has 1 heterocycles. The molecule has 0 atom stereocenters. The van der Waals surface area contributed by atoms with E-state index in [9.17, 15) is 13.2 Å². The lowest BCUT2D eigenvalue weighted by Crippen LogP contribution is -2.19. The molecular formula is C7H8N2O3S. The fourth-order valence-electron chi connectivity index (χ4n) is 0.821. The summed E-state index contributed by atoms with van der Waals surface area (Å²) in [6.07, 6.45) is 2.45. The molecule has 0 spiro atoms. The highest BCUT2D eigenvalue weighted by Crippen LogP contribution is 2.02. The van der Waals surface area contributed by atoms with Gasteiger partial charge in [-0.2, -0.15) is 5.10 Å². The molecule has 0 amide bonds. The van der Waals surface area contributed by atoms with Gasteiger partial charge in [-0.05, 0) is 6.07 Å². The molecule has 1 rings (SSSR count). The summed E-state index contributed by atoms with van der Waals surface area (Å²) in [5.41, 5.74) is -0.704. The number of rotatable bonds is 3. The molecule has 1 aromatic rings. The van der Waals surface area contributed by atoms with Crippen LogP contribution in [0.15, 0.2) is 34.6 Å². The minimum absolute atomic E-state index is 0.250. The number of hydrogen-bond donors (Lipinski definition) is 1. The molecule has 6 heteroatoms. The molecule has 0 aliphatic rings. The third-order valence-corrected chi connectivity index (χ3v) is 3.03. The Morgan fingerprint density at radius 1 is 1.62 bits per heavy atom. The zero-order chi connectivity index (χ0) is 9.90. The fraction of sp³-hybridized carbons (Fsp3) is 0.143. The smallest absolute Gasteiger partial charge is 0.267 e. The lowest BCUT2D eigenvalue weighted by Gasteiger charge is -1.97. The number of aromatic nitrogens is 2. The highest BCUT2D eigenvalue weighted by atomic mass is 32.2. The normalized spacial score (nSPS) is 11.1. The monoisotopic (exact) mass is 200 g/mol. The van der Waals surface area contributed by atoms with Crippen LogP contribution in [-0.2, 0) is 9.84 Å². The van der Waals surface area contributed by atoms with Crippen LogP contribution in [0, 0.1) is 0 Å². The molecular weight excluding hydrogens is 192 g/mol. The van der Waals surface area contributed by atoms with Gasteiger partial charge in [-0.1, -0.05) is 6.08 Å². The van der Waals surface area contributed by atoms with E-state index in [-0.39, 0.29) is 10.6 Å². The van der Waals surface area contributed by atoms with Crippen LogP contribution in [0.5, 0.6) is 0 Å². The van der Waals surface area contributed by atoms with E-state index in [0.29, 0.717) is 0 Å². The molecule has 0 saturated carbocycles. The van der Waals surface area contributed by atoms with E-state index in [1.165, 1.54) is 12.3 Å². The quantitative estimate of drug-likeness (QED) is 0.681. The summed E-state index contributed by atoms with van der Waals surface area (Å²) in [6.45, 7) is 3.29. The second-order valence-corrected chi connectivity index (χ2v) is 4.32. The van der Waals surface area contributed by atoms with E-state index in [1.807, 2.05) is 5.10 Å². The van der Waals surface area contributed by atoms with Gasteiger partial charge < -0.3 is 0 Å². The average molecular weight is 200 g/mol. The first kappa shape index (κ1) is 9.66. The predicted molar refractivity (Wildman–Crippen MR) is 47.1 cm³/mol. The van der Waals surface area contributed by atoms with Crippen LogP contribution in [0.1, 0.15) is 0 Å². The summed E-state index contributed by atoms with van der Waals surface area (Å²) in [4.78, 5) is 10.7. The average Bonchev–Trinajstić information content (AvgIpc) is 2.04. The Balaban J connectivity index is 3.31. The van der Waals surface area contributed by atoms with Gasteiger partial charge >= 0.3 is 0 Å². The summed E-state index contributed by atoms with van der Waals surface area (Å²) >= 11 is 0. The highest BCUT2D eigenvalue weighted by molar-refractivity contribution is 7.91. The van der Waals surface area contributed by atoms with Crippen molar-refractivity contribution in [3.63, 3.8) is 0 Å². The number of aromatic amines is 1. The van der Waals surface area contributed by atoms with Gasteiger partial charge in [0, 0.05) is 6.20 Å². The lowest BCUT2D eigenvalue weighted by molar-refractivity contribution is 0.597. The second kappa shape index (κ2) is 3.53. The number of H-pyrrole nitrogens is 1. The molecule has 0 fully saturated rings. The molecule has 0 aliphatic carbocycles.